The van der Waals surface area contributed by atoms with E-state index in [9.17, 15) is 0 Å². The van der Waals surface area contributed by atoms with Crippen LogP contribution in [0.2, 0.25) is 0 Å². The summed E-state index contributed by atoms with van der Waals surface area (Å²) in [5.41, 5.74) is 6.84. The number of nitrogens with zero attached hydrogens (tertiary/aromatic N) is 4. The topological polar surface area (TPSA) is 34.0 Å². The van der Waals surface area contributed by atoms with Crippen LogP contribution >= 0.6 is 0 Å². The Balaban J connectivity index is 2.11. The number of para-hydroxylation sites is 1. The van der Waals surface area contributed by atoms with Crippen LogP contribution in [0.4, 0.5) is 5.69 Å². The summed E-state index contributed by atoms with van der Waals surface area (Å²) in [7, 11) is 0. The Bertz CT molecular complexity index is 947. The molecule has 4 rings (SSSR count). The summed E-state index contributed by atoms with van der Waals surface area (Å²) < 4.78 is 2.07. The third-order valence-corrected chi connectivity index (χ3v) is 5.01. The van der Waals surface area contributed by atoms with Crippen LogP contribution in [0.5, 0.6) is 0 Å². The van der Waals surface area contributed by atoms with E-state index in [0.29, 0.717) is 6.04 Å². The number of fused-ring (bicyclic) bond motifs is 5. The fourth-order valence-electron chi connectivity index (χ4n) is 3.72. The number of hydrogen-bond acceptors (Lipinski definition) is 3. The van der Waals surface area contributed by atoms with Crippen molar-refractivity contribution >= 4 is 5.69 Å². The van der Waals surface area contributed by atoms with Gasteiger partial charge in [-0.1, -0.05) is 47.7 Å². The molecule has 0 bridgehead atoms. The normalized spacial score (nSPS) is 13.7. The van der Waals surface area contributed by atoms with Gasteiger partial charge in [0.15, 0.2) is 0 Å². The summed E-state index contributed by atoms with van der Waals surface area (Å²) in [6, 6.07) is 17.6. The lowest BCUT2D eigenvalue weighted by Gasteiger charge is -2.34. The number of rotatable bonds is 1. The van der Waals surface area contributed by atoms with E-state index in [0.717, 1.165) is 17.9 Å². The largest absolute Gasteiger partial charge is 0.364 e. The molecule has 2 aromatic carbocycles. The Morgan fingerprint density at radius 1 is 0.923 bits per heavy atom. The summed E-state index contributed by atoms with van der Waals surface area (Å²) in [5.74, 6) is 0. The molecule has 0 saturated carbocycles. The second-order valence-corrected chi connectivity index (χ2v) is 8.27. The van der Waals surface area contributed by atoms with Crippen LogP contribution < -0.4 is 4.90 Å². The van der Waals surface area contributed by atoms with Crippen LogP contribution in [-0.2, 0) is 12.1 Å². The maximum atomic E-state index is 4.63. The Labute approximate surface area is 155 Å². The molecule has 4 nitrogen and oxygen atoms in total. The van der Waals surface area contributed by atoms with E-state index in [-0.39, 0.29) is 5.54 Å². The number of anilines is 1. The highest BCUT2D eigenvalue weighted by atomic mass is 15.5. The molecule has 0 spiro atoms. The second kappa shape index (κ2) is 5.97. The van der Waals surface area contributed by atoms with E-state index in [1.54, 1.807) is 0 Å². The van der Waals surface area contributed by atoms with Crippen molar-refractivity contribution in [3.63, 3.8) is 0 Å². The molecule has 0 unspecified atom stereocenters. The fraction of sp³-hybridized carbons (Fsp3) is 0.364. The molecule has 3 aromatic rings. The van der Waals surface area contributed by atoms with Gasteiger partial charge >= 0.3 is 0 Å². The van der Waals surface area contributed by atoms with E-state index < -0.39 is 0 Å². The molecule has 26 heavy (non-hydrogen) atoms. The van der Waals surface area contributed by atoms with E-state index in [1.807, 2.05) is 0 Å². The van der Waals surface area contributed by atoms with Gasteiger partial charge in [-0.2, -0.15) is 0 Å². The van der Waals surface area contributed by atoms with Crippen molar-refractivity contribution in [3.8, 4) is 22.5 Å². The monoisotopic (exact) mass is 346 g/mol. The standard InChI is InChI=1S/C22H26N4/c1-15(2)25-14-16-10-6-7-11-17(16)20-21(18-12-8-9-13-19(18)25)26(24-23-20)22(3,4)5/h6-13,15H,14H2,1-5H3. The van der Waals surface area contributed by atoms with Crippen LogP contribution in [0.3, 0.4) is 0 Å². The minimum absolute atomic E-state index is 0.148. The number of aromatic nitrogens is 3. The van der Waals surface area contributed by atoms with Gasteiger partial charge < -0.3 is 4.90 Å². The predicted molar refractivity (Wildman–Crippen MR) is 107 cm³/mol. The molecule has 2 heterocycles. The van der Waals surface area contributed by atoms with Gasteiger partial charge in [0, 0.05) is 29.4 Å². The van der Waals surface area contributed by atoms with Crippen LogP contribution in [0.1, 0.15) is 40.2 Å². The van der Waals surface area contributed by atoms with Gasteiger partial charge in [-0.15, -0.1) is 5.10 Å². The quantitative estimate of drug-likeness (QED) is 0.615. The van der Waals surface area contributed by atoms with Crippen molar-refractivity contribution in [2.75, 3.05) is 4.90 Å². The lowest BCUT2D eigenvalue weighted by Crippen LogP contribution is -2.32. The van der Waals surface area contributed by atoms with Crippen molar-refractivity contribution < 1.29 is 0 Å². The zero-order valence-electron chi connectivity index (χ0n) is 16.2. The molecule has 0 N–H and O–H groups in total. The third-order valence-electron chi connectivity index (χ3n) is 5.01. The maximum Gasteiger partial charge on any atom is 0.121 e. The zero-order chi connectivity index (χ0) is 18.5. The molecule has 0 aliphatic carbocycles. The van der Waals surface area contributed by atoms with Gasteiger partial charge in [0.25, 0.3) is 0 Å². The molecule has 0 amide bonds. The average molecular weight is 346 g/mol. The molecule has 1 aliphatic heterocycles. The molecule has 1 aromatic heterocycles. The molecule has 134 valence electrons. The molecule has 0 fully saturated rings. The Kier molecular flexibility index (Phi) is 3.87. The molecule has 0 atom stereocenters. The Hall–Kier alpha value is -2.62. The van der Waals surface area contributed by atoms with Crippen LogP contribution in [0.25, 0.3) is 22.5 Å². The first-order valence-corrected chi connectivity index (χ1v) is 9.28. The highest BCUT2D eigenvalue weighted by molar-refractivity contribution is 5.88. The van der Waals surface area contributed by atoms with Gasteiger partial charge in [0.1, 0.15) is 5.69 Å². The Morgan fingerprint density at radius 2 is 1.58 bits per heavy atom. The summed E-state index contributed by atoms with van der Waals surface area (Å²) in [5, 5.41) is 9.20. The Morgan fingerprint density at radius 3 is 2.27 bits per heavy atom. The first-order chi connectivity index (χ1) is 12.4. The van der Waals surface area contributed by atoms with Crippen LogP contribution in [0.15, 0.2) is 48.5 Å². The van der Waals surface area contributed by atoms with Crippen molar-refractivity contribution in [2.24, 2.45) is 0 Å². The van der Waals surface area contributed by atoms with Crippen molar-refractivity contribution in [2.45, 2.75) is 52.7 Å². The molecule has 4 heteroatoms. The minimum atomic E-state index is -0.148. The highest BCUT2D eigenvalue weighted by Gasteiger charge is 2.30. The van der Waals surface area contributed by atoms with Crippen molar-refractivity contribution in [1.29, 1.82) is 0 Å². The lowest BCUT2D eigenvalue weighted by atomic mass is 9.94. The zero-order valence-corrected chi connectivity index (χ0v) is 16.2. The van der Waals surface area contributed by atoms with Gasteiger partial charge in [0.05, 0.1) is 11.2 Å². The molecule has 1 aliphatic rings. The van der Waals surface area contributed by atoms with E-state index in [2.05, 4.69) is 103 Å². The number of benzene rings is 2. The minimum Gasteiger partial charge on any atom is -0.364 e. The average Bonchev–Trinajstić information content (AvgIpc) is 3.03. The van der Waals surface area contributed by atoms with Crippen LogP contribution in [-0.4, -0.2) is 21.0 Å². The first-order valence-electron chi connectivity index (χ1n) is 9.28. The van der Waals surface area contributed by atoms with Gasteiger partial charge in [-0.05, 0) is 46.2 Å². The highest BCUT2D eigenvalue weighted by Crippen LogP contribution is 2.42. The molecule has 0 radical (unpaired) electrons. The molecule has 0 saturated heterocycles. The van der Waals surface area contributed by atoms with E-state index in [1.165, 1.54) is 22.4 Å². The van der Waals surface area contributed by atoms with Gasteiger partial charge in [-0.3, -0.25) is 0 Å². The molecular formula is C22H26N4. The lowest BCUT2D eigenvalue weighted by molar-refractivity contribution is 0.351. The van der Waals surface area contributed by atoms with E-state index in [4.69, 9.17) is 0 Å². The van der Waals surface area contributed by atoms with E-state index >= 15 is 0 Å². The summed E-state index contributed by atoms with van der Waals surface area (Å²) >= 11 is 0. The third kappa shape index (κ3) is 2.61. The van der Waals surface area contributed by atoms with Gasteiger partial charge in [-0.25, -0.2) is 4.68 Å². The van der Waals surface area contributed by atoms with Crippen molar-refractivity contribution in [3.05, 3.63) is 54.1 Å². The summed E-state index contributed by atoms with van der Waals surface area (Å²) in [6.07, 6.45) is 0. The first kappa shape index (κ1) is 16.8. The maximum absolute atomic E-state index is 4.63. The van der Waals surface area contributed by atoms with Crippen molar-refractivity contribution in [1.82, 2.24) is 15.0 Å². The summed E-state index contributed by atoms with van der Waals surface area (Å²) in [6.45, 7) is 11.9. The van der Waals surface area contributed by atoms with Crippen LogP contribution in [0, 0.1) is 0 Å². The molecular weight excluding hydrogens is 320 g/mol. The second-order valence-electron chi connectivity index (χ2n) is 8.27. The number of hydrogen-bond donors (Lipinski definition) is 0. The predicted octanol–water partition coefficient (Wildman–Crippen LogP) is 5.10. The van der Waals surface area contributed by atoms with Gasteiger partial charge in [0.2, 0.25) is 0 Å². The smallest absolute Gasteiger partial charge is 0.121 e. The summed E-state index contributed by atoms with van der Waals surface area (Å²) in [4.78, 5) is 2.47. The SMILES string of the molecule is CC(C)N1Cc2ccccc2-c2nnn(C(C)(C)C)c2-c2ccccc21. The fourth-order valence-corrected chi connectivity index (χ4v) is 3.72.